The van der Waals surface area contributed by atoms with Crippen LogP contribution in [0.4, 0.5) is 11.4 Å². The van der Waals surface area contributed by atoms with Gasteiger partial charge in [0.1, 0.15) is 0 Å². The van der Waals surface area contributed by atoms with Gasteiger partial charge in [-0.05, 0) is 68.5 Å². The van der Waals surface area contributed by atoms with E-state index in [0.717, 1.165) is 50.9 Å². The second kappa shape index (κ2) is 10.7. The fraction of sp³-hybridized carbons (Fsp3) is 0.480. The van der Waals surface area contributed by atoms with E-state index in [9.17, 15) is 13.2 Å². The van der Waals surface area contributed by atoms with Gasteiger partial charge in [0.05, 0.1) is 30.5 Å². The Morgan fingerprint density at radius 3 is 2.12 bits per heavy atom. The van der Waals surface area contributed by atoms with E-state index in [4.69, 9.17) is 9.47 Å². The van der Waals surface area contributed by atoms with Gasteiger partial charge in [0.25, 0.3) is 5.91 Å². The zero-order chi connectivity index (χ0) is 24.1. The molecule has 0 atom stereocenters. The monoisotopic (exact) mass is 487 g/mol. The zero-order valence-electron chi connectivity index (χ0n) is 19.9. The Kier molecular flexibility index (Phi) is 7.63. The summed E-state index contributed by atoms with van der Waals surface area (Å²) in [6.45, 7) is 2.81. The van der Waals surface area contributed by atoms with Crippen LogP contribution in [0.1, 0.15) is 48.9 Å². The molecule has 2 aromatic rings. The molecule has 1 N–H and O–H groups in total. The number of hydrogen-bond acceptors (Lipinski definition) is 6. The van der Waals surface area contributed by atoms with Gasteiger partial charge in [0.2, 0.25) is 10.0 Å². The number of sulfonamides is 1. The standard InChI is InChI=1S/C25H33N3O5S/c1-32-23-12-9-19(17-24(23)33-2)25(29)26-21-18-20(34(30,31)28-15-7-4-8-16-28)10-11-22(21)27-13-5-3-6-14-27/h9-12,17-18H,3-8,13-16H2,1-2H3,(H,26,29). The highest BCUT2D eigenvalue weighted by Gasteiger charge is 2.28. The van der Waals surface area contributed by atoms with Crippen molar-refractivity contribution in [3.05, 3.63) is 42.0 Å². The smallest absolute Gasteiger partial charge is 0.255 e. The number of nitrogens with zero attached hydrogens (tertiary/aromatic N) is 2. The molecule has 2 heterocycles. The number of carbonyl (C=O) groups excluding carboxylic acids is 1. The van der Waals surface area contributed by atoms with E-state index in [1.54, 1.807) is 34.6 Å². The maximum atomic E-state index is 13.3. The summed E-state index contributed by atoms with van der Waals surface area (Å²) in [7, 11) is -0.570. The van der Waals surface area contributed by atoms with Crippen molar-refractivity contribution in [1.82, 2.24) is 4.31 Å². The van der Waals surface area contributed by atoms with Crippen LogP contribution in [-0.2, 0) is 10.0 Å². The van der Waals surface area contributed by atoms with E-state index in [0.29, 0.717) is 35.8 Å². The SMILES string of the molecule is COc1ccc(C(=O)Nc2cc(S(=O)(=O)N3CCCCC3)ccc2N2CCCCC2)cc1OC. The van der Waals surface area contributed by atoms with Crippen molar-refractivity contribution in [2.45, 2.75) is 43.4 Å². The minimum absolute atomic E-state index is 0.206. The van der Waals surface area contributed by atoms with Crippen LogP contribution in [0.5, 0.6) is 11.5 Å². The van der Waals surface area contributed by atoms with Gasteiger partial charge in [0.15, 0.2) is 11.5 Å². The van der Waals surface area contributed by atoms with Gasteiger partial charge in [-0.1, -0.05) is 6.42 Å². The molecule has 0 aromatic heterocycles. The summed E-state index contributed by atoms with van der Waals surface area (Å²) in [6.07, 6.45) is 6.09. The molecule has 184 valence electrons. The minimum atomic E-state index is -3.63. The van der Waals surface area contributed by atoms with E-state index < -0.39 is 10.0 Å². The van der Waals surface area contributed by atoms with Gasteiger partial charge < -0.3 is 19.7 Å². The van der Waals surface area contributed by atoms with Crippen LogP contribution in [0.2, 0.25) is 0 Å². The van der Waals surface area contributed by atoms with Gasteiger partial charge in [-0.25, -0.2) is 8.42 Å². The number of methoxy groups -OCH3 is 2. The molecule has 2 aliphatic rings. The predicted molar refractivity (Wildman–Crippen MR) is 133 cm³/mol. The van der Waals surface area contributed by atoms with E-state index in [2.05, 4.69) is 10.2 Å². The lowest BCUT2D eigenvalue weighted by Gasteiger charge is -2.31. The number of carbonyl (C=O) groups is 1. The van der Waals surface area contributed by atoms with Crippen molar-refractivity contribution in [3.8, 4) is 11.5 Å². The molecule has 2 aromatic carbocycles. The molecular formula is C25H33N3O5S. The van der Waals surface area contributed by atoms with E-state index in [1.807, 2.05) is 6.07 Å². The van der Waals surface area contributed by atoms with Gasteiger partial charge in [-0.3, -0.25) is 4.79 Å². The number of benzene rings is 2. The molecule has 0 unspecified atom stereocenters. The van der Waals surface area contributed by atoms with Crippen molar-refractivity contribution in [2.24, 2.45) is 0 Å². The number of rotatable bonds is 7. The third-order valence-corrected chi connectivity index (χ3v) is 8.41. The third kappa shape index (κ3) is 5.15. The third-order valence-electron chi connectivity index (χ3n) is 6.51. The van der Waals surface area contributed by atoms with Crippen molar-refractivity contribution < 1.29 is 22.7 Å². The van der Waals surface area contributed by atoms with Crippen LogP contribution in [0.25, 0.3) is 0 Å². The molecule has 34 heavy (non-hydrogen) atoms. The van der Waals surface area contributed by atoms with Gasteiger partial charge in [-0.15, -0.1) is 0 Å². The zero-order valence-corrected chi connectivity index (χ0v) is 20.7. The lowest BCUT2D eigenvalue weighted by Crippen LogP contribution is -2.35. The number of anilines is 2. The molecular weight excluding hydrogens is 454 g/mol. The molecule has 0 bridgehead atoms. The maximum Gasteiger partial charge on any atom is 0.255 e. The van der Waals surface area contributed by atoms with Crippen LogP contribution in [0.3, 0.4) is 0 Å². The molecule has 0 radical (unpaired) electrons. The topological polar surface area (TPSA) is 88.2 Å². The fourth-order valence-electron chi connectivity index (χ4n) is 4.61. The van der Waals surface area contributed by atoms with Crippen LogP contribution in [0, 0.1) is 0 Å². The summed E-state index contributed by atoms with van der Waals surface area (Å²) in [5.74, 6) is 0.641. The summed E-state index contributed by atoms with van der Waals surface area (Å²) in [5.41, 5.74) is 1.73. The first-order valence-corrected chi connectivity index (χ1v) is 13.3. The fourth-order valence-corrected chi connectivity index (χ4v) is 6.16. The van der Waals surface area contributed by atoms with Gasteiger partial charge in [-0.2, -0.15) is 4.31 Å². The van der Waals surface area contributed by atoms with Gasteiger partial charge >= 0.3 is 0 Å². The Morgan fingerprint density at radius 2 is 1.47 bits per heavy atom. The Hall–Kier alpha value is -2.78. The molecule has 0 saturated carbocycles. The Bertz CT molecular complexity index is 1120. The molecule has 9 heteroatoms. The lowest BCUT2D eigenvalue weighted by atomic mass is 10.1. The van der Waals surface area contributed by atoms with Crippen LogP contribution < -0.4 is 19.7 Å². The van der Waals surface area contributed by atoms with Crippen molar-refractivity contribution in [3.63, 3.8) is 0 Å². The molecule has 0 spiro atoms. The van der Waals surface area contributed by atoms with Crippen molar-refractivity contribution in [2.75, 3.05) is 50.6 Å². The summed E-state index contributed by atoms with van der Waals surface area (Å²) in [5, 5.41) is 2.97. The first kappa shape index (κ1) is 24.3. The second-order valence-electron chi connectivity index (χ2n) is 8.72. The van der Waals surface area contributed by atoms with Gasteiger partial charge in [0, 0.05) is 31.7 Å². The number of piperidine rings is 2. The van der Waals surface area contributed by atoms with E-state index >= 15 is 0 Å². The van der Waals surface area contributed by atoms with Crippen LogP contribution in [-0.4, -0.2) is 59.0 Å². The minimum Gasteiger partial charge on any atom is -0.493 e. The van der Waals surface area contributed by atoms with E-state index in [-0.39, 0.29) is 10.8 Å². The molecule has 0 aliphatic carbocycles. The van der Waals surface area contributed by atoms with Crippen molar-refractivity contribution in [1.29, 1.82) is 0 Å². The first-order valence-electron chi connectivity index (χ1n) is 11.9. The highest BCUT2D eigenvalue weighted by Crippen LogP contribution is 2.34. The average Bonchev–Trinajstić information content (AvgIpc) is 2.89. The molecule has 2 aliphatic heterocycles. The molecule has 1 amide bonds. The highest BCUT2D eigenvalue weighted by atomic mass is 32.2. The molecule has 2 fully saturated rings. The van der Waals surface area contributed by atoms with Crippen LogP contribution >= 0.6 is 0 Å². The largest absolute Gasteiger partial charge is 0.493 e. The van der Waals surface area contributed by atoms with E-state index in [1.165, 1.54) is 20.6 Å². The number of nitrogens with one attached hydrogen (secondary N) is 1. The summed E-state index contributed by atoms with van der Waals surface area (Å²) in [4.78, 5) is 15.6. The molecule has 8 nitrogen and oxygen atoms in total. The molecule has 4 rings (SSSR count). The summed E-state index contributed by atoms with van der Waals surface area (Å²) in [6, 6.07) is 10.0. The Balaban J connectivity index is 1.68. The summed E-state index contributed by atoms with van der Waals surface area (Å²) >= 11 is 0. The number of ether oxygens (including phenoxy) is 2. The second-order valence-corrected chi connectivity index (χ2v) is 10.7. The maximum absolute atomic E-state index is 13.3. The number of amides is 1. The number of hydrogen-bond donors (Lipinski definition) is 1. The summed E-state index contributed by atoms with van der Waals surface area (Å²) < 4.78 is 38.8. The molecule has 2 saturated heterocycles. The average molecular weight is 488 g/mol. The predicted octanol–water partition coefficient (Wildman–Crippen LogP) is 4.12. The first-order chi connectivity index (χ1) is 16.4. The Morgan fingerprint density at radius 1 is 0.824 bits per heavy atom. The normalized spacial score (nSPS) is 17.3. The van der Waals surface area contributed by atoms with Crippen molar-refractivity contribution >= 4 is 27.3 Å². The quantitative estimate of drug-likeness (QED) is 0.632. The Labute approximate surface area is 201 Å². The lowest BCUT2D eigenvalue weighted by molar-refractivity contribution is 0.102. The highest BCUT2D eigenvalue weighted by molar-refractivity contribution is 7.89. The van der Waals surface area contributed by atoms with Crippen LogP contribution in [0.15, 0.2) is 41.3 Å².